The molecule has 8 nitrogen and oxygen atoms in total. The van der Waals surface area contributed by atoms with Crippen LogP contribution in [0.15, 0.2) is 53.3 Å². The van der Waals surface area contributed by atoms with Crippen molar-refractivity contribution in [2.24, 2.45) is 7.05 Å². The van der Waals surface area contributed by atoms with E-state index in [-0.39, 0.29) is 24.1 Å². The van der Waals surface area contributed by atoms with Gasteiger partial charge in [-0.2, -0.15) is 9.78 Å². The Kier molecular flexibility index (Phi) is 4.90. The van der Waals surface area contributed by atoms with Crippen molar-refractivity contribution in [2.45, 2.75) is 32.4 Å². The number of aliphatic hydroxyl groups excluding tert-OH is 1. The standard InChI is InChI=1S/C23H22FN5O3/c1-14-18(13-30)25-27(2)22(14)32-20-10-8-16(12-17(20)24)29-23(31)28-19(9-11-21(28)26-29)15-6-4-3-5-7-15/h3-8,10,12,19,30H,9,11,13H2,1-2H3. The predicted molar refractivity (Wildman–Crippen MR) is 115 cm³/mol. The summed E-state index contributed by atoms with van der Waals surface area (Å²) >= 11 is 0. The largest absolute Gasteiger partial charge is 0.436 e. The summed E-state index contributed by atoms with van der Waals surface area (Å²) in [5, 5.41) is 18.0. The summed E-state index contributed by atoms with van der Waals surface area (Å²) in [6.45, 7) is 1.51. The Morgan fingerprint density at radius 1 is 1.19 bits per heavy atom. The van der Waals surface area contributed by atoms with Crippen LogP contribution in [-0.4, -0.2) is 29.2 Å². The zero-order chi connectivity index (χ0) is 22.4. The maximum absolute atomic E-state index is 14.9. The first-order chi connectivity index (χ1) is 15.5. The number of hydrogen-bond donors (Lipinski definition) is 1. The van der Waals surface area contributed by atoms with Crippen molar-refractivity contribution in [3.05, 3.63) is 87.5 Å². The molecule has 0 aliphatic carbocycles. The molecule has 0 bridgehead atoms. The Morgan fingerprint density at radius 2 is 1.97 bits per heavy atom. The molecule has 0 amide bonds. The van der Waals surface area contributed by atoms with Crippen molar-refractivity contribution in [1.29, 1.82) is 0 Å². The zero-order valence-electron chi connectivity index (χ0n) is 17.7. The van der Waals surface area contributed by atoms with Crippen molar-refractivity contribution in [2.75, 3.05) is 0 Å². The second kappa shape index (κ2) is 7.76. The van der Waals surface area contributed by atoms with Crippen LogP contribution in [0.1, 0.15) is 35.1 Å². The maximum Gasteiger partial charge on any atom is 0.351 e. The number of fused-ring (bicyclic) bond motifs is 1. The minimum atomic E-state index is -0.631. The van der Waals surface area contributed by atoms with Gasteiger partial charge in [0, 0.05) is 25.1 Å². The van der Waals surface area contributed by atoms with Gasteiger partial charge in [0.05, 0.1) is 24.0 Å². The van der Waals surface area contributed by atoms with Crippen LogP contribution >= 0.6 is 0 Å². The molecule has 1 N–H and O–H groups in total. The van der Waals surface area contributed by atoms with Gasteiger partial charge in [-0.05, 0) is 31.0 Å². The van der Waals surface area contributed by atoms with E-state index < -0.39 is 5.82 Å². The number of benzene rings is 2. The highest BCUT2D eigenvalue weighted by Crippen LogP contribution is 2.31. The highest BCUT2D eigenvalue weighted by molar-refractivity contribution is 5.41. The molecular formula is C23H22FN5O3. The summed E-state index contributed by atoms with van der Waals surface area (Å²) in [6, 6.07) is 14.0. The van der Waals surface area contributed by atoms with Crippen LogP contribution in [0.5, 0.6) is 11.6 Å². The molecule has 2 aromatic carbocycles. The molecule has 32 heavy (non-hydrogen) atoms. The highest BCUT2D eigenvalue weighted by Gasteiger charge is 2.29. The van der Waals surface area contributed by atoms with Gasteiger partial charge in [-0.3, -0.25) is 4.57 Å². The van der Waals surface area contributed by atoms with Crippen molar-refractivity contribution in [1.82, 2.24) is 24.1 Å². The molecular weight excluding hydrogens is 413 g/mol. The van der Waals surface area contributed by atoms with Crippen molar-refractivity contribution in [3.8, 4) is 17.3 Å². The Balaban J connectivity index is 1.47. The molecule has 0 fully saturated rings. The summed E-state index contributed by atoms with van der Waals surface area (Å²) in [5.41, 5.74) is 2.18. The van der Waals surface area contributed by atoms with Gasteiger partial charge in [-0.15, -0.1) is 5.10 Å². The van der Waals surface area contributed by atoms with Crippen molar-refractivity contribution < 1.29 is 14.2 Å². The number of aryl methyl sites for hydroxylation is 2. The number of hydrogen-bond acceptors (Lipinski definition) is 5. The van der Waals surface area contributed by atoms with Crippen LogP contribution in [0.25, 0.3) is 5.69 Å². The third-order valence-electron chi connectivity index (χ3n) is 5.85. The molecule has 0 spiro atoms. The molecule has 4 aromatic rings. The van der Waals surface area contributed by atoms with Crippen LogP contribution < -0.4 is 10.4 Å². The van der Waals surface area contributed by atoms with Crippen LogP contribution in [0.4, 0.5) is 4.39 Å². The van der Waals surface area contributed by atoms with E-state index in [9.17, 15) is 14.3 Å². The molecule has 0 saturated carbocycles. The van der Waals surface area contributed by atoms with Crippen LogP contribution in [0, 0.1) is 12.7 Å². The van der Waals surface area contributed by atoms with E-state index in [1.54, 1.807) is 24.6 Å². The number of halogens is 1. The van der Waals surface area contributed by atoms with E-state index in [1.807, 2.05) is 30.3 Å². The number of aliphatic hydroxyl groups is 1. The fourth-order valence-corrected chi connectivity index (χ4v) is 4.23. The molecule has 164 valence electrons. The monoisotopic (exact) mass is 435 g/mol. The molecule has 1 aliphatic heterocycles. The molecule has 2 aromatic heterocycles. The molecule has 0 saturated heterocycles. The SMILES string of the molecule is Cc1c(CO)nn(C)c1Oc1ccc(-n2nc3n(c2=O)C(c2ccccc2)CC3)cc1F. The minimum Gasteiger partial charge on any atom is -0.436 e. The van der Waals surface area contributed by atoms with Crippen molar-refractivity contribution >= 4 is 0 Å². The number of nitrogens with zero attached hydrogens (tertiary/aromatic N) is 5. The summed E-state index contributed by atoms with van der Waals surface area (Å²) in [6.07, 6.45) is 1.49. The van der Waals surface area contributed by atoms with Crippen LogP contribution in [0.3, 0.4) is 0 Å². The summed E-state index contributed by atoms with van der Waals surface area (Å²) < 4.78 is 25.0. The van der Waals surface area contributed by atoms with Gasteiger partial charge < -0.3 is 9.84 Å². The Morgan fingerprint density at radius 3 is 2.66 bits per heavy atom. The van der Waals surface area contributed by atoms with E-state index in [1.165, 1.54) is 21.5 Å². The molecule has 5 rings (SSSR count). The average Bonchev–Trinajstić information content (AvgIpc) is 3.44. The van der Waals surface area contributed by atoms with Gasteiger partial charge in [0.25, 0.3) is 0 Å². The first-order valence-corrected chi connectivity index (χ1v) is 10.3. The molecule has 1 atom stereocenters. The van der Waals surface area contributed by atoms with Gasteiger partial charge >= 0.3 is 5.69 Å². The normalized spacial score (nSPS) is 15.2. The Bertz CT molecular complexity index is 1360. The minimum absolute atomic E-state index is 0.00805. The average molecular weight is 435 g/mol. The fraction of sp³-hybridized carbons (Fsp3) is 0.261. The van der Waals surface area contributed by atoms with E-state index >= 15 is 0 Å². The lowest BCUT2D eigenvalue weighted by atomic mass is 10.1. The Labute approximate surface area is 183 Å². The van der Waals surface area contributed by atoms with Gasteiger partial charge in [-0.1, -0.05) is 30.3 Å². The van der Waals surface area contributed by atoms with E-state index in [0.29, 0.717) is 35.1 Å². The third kappa shape index (κ3) is 3.21. The molecule has 1 unspecified atom stereocenters. The lowest BCUT2D eigenvalue weighted by Crippen LogP contribution is -2.26. The second-order valence-corrected chi connectivity index (χ2v) is 7.82. The quantitative estimate of drug-likeness (QED) is 0.521. The summed E-state index contributed by atoms with van der Waals surface area (Å²) in [4.78, 5) is 13.1. The number of rotatable bonds is 5. The fourth-order valence-electron chi connectivity index (χ4n) is 4.23. The lowest BCUT2D eigenvalue weighted by Gasteiger charge is -2.12. The zero-order valence-corrected chi connectivity index (χ0v) is 17.7. The number of ether oxygens (including phenoxy) is 1. The lowest BCUT2D eigenvalue weighted by molar-refractivity contribution is 0.275. The van der Waals surface area contributed by atoms with Crippen molar-refractivity contribution in [3.63, 3.8) is 0 Å². The Hall–Kier alpha value is -3.72. The smallest absolute Gasteiger partial charge is 0.351 e. The van der Waals surface area contributed by atoms with Gasteiger partial charge in [0.1, 0.15) is 5.82 Å². The van der Waals surface area contributed by atoms with Gasteiger partial charge in [-0.25, -0.2) is 13.9 Å². The molecule has 9 heteroatoms. The second-order valence-electron chi connectivity index (χ2n) is 7.82. The van der Waals surface area contributed by atoms with Gasteiger partial charge in [0.15, 0.2) is 11.6 Å². The summed E-state index contributed by atoms with van der Waals surface area (Å²) in [7, 11) is 1.66. The van der Waals surface area contributed by atoms with Gasteiger partial charge in [0.2, 0.25) is 5.88 Å². The van der Waals surface area contributed by atoms with E-state index in [0.717, 1.165) is 12.0 Å². The van der Waals surface area contributed by atoms with Crippen LogP contribution in [0.2, 0.25) is 0 Å². The van der Waals surface area contributed by atoms with Crippen LogP contribution in [-0.2, 0) is 20.1 Å². The molecule has 0 radical (unpaired) electrons. The first kappa shape index (κ1) is 20.2. The third-order valence-corrected chi connectivity index (χ3v) is 5.85. The molecule has 1 aliphatic rings. The maximum atomic E-state index is 14.9. The number of aromatic nitrogens is 5. The highest BCUT2D eigenvalue weighted by atomic mass is 19.1. The summed E-state index contributed by atoms with van der Waals surface area (Å²) in [5.74, 6) is 0.385. The molecule has 3 heterocycles. The first-order valence-electron chi connectivity index (χ1n) is 10.3. The topological polar surface area (TPSA) is 87.1 Å². The predicted octanol–water partition coefficient (Wildman–Crippen LogP) is 3.04. The van der Waals surface area contributed by atoms with E-state index in [2.05, 4.69) is 10.2 Å². The van der Waals surface area contributed by atoms with E-state index in [4.69, 9.17) is 4.74 Å².